The first-order valence-electron chi connectivity index (χ1n) is 6.95. The van der Waals surface area contributed by atoms with Crippen LogP contribution in [0.2, 0.25) is 0 Å². The average molecular weight is 265 g/mol. The highest BCUT2D eigenvalue weighted by molar-refractivity contribution is 5.89. The quantitative estimate of drug-likeness (QED) is 0.633. The van der Waals surface area contributed by atoms with E-state index in [0.29, 0.717) is 13.0 Å². The van der Waals surface area contributed by atoms with Gasteiger partial charge in [0.1, 0.15) is 11.4 Å². The molecular formula is C15H23NO3. The Morgan fingerprint density at radius 1 is 1.47 bits per heavy atom. The molecule has 0 aromatic rings. The fourth-order valence-electron chi connectivity index (χ4n) is 2.96. The highest BCUT2D eigenvalue weighted by atomic mass is 16.6. The lowest BCUT2D eigenvalue weighted by Crippen LogP contribution is -2.56. The Hall–Kier alpha value is -1.32. The van der Waals surface area contributed by atoms with Gasteiger partial charge in [-0.3, -0.25) is 4.79 Å². The van der Waals surface area contributed by atoms with Crippen molar-refractivity contribution >= 4 is 11.9 Å². The molecule has 1 fully saturated rings. The molecule has 0 N–H and O–H groups in total. The van der Waals surface area contributed by atoms with Crippen LogP contribution in [-0.2, 0) is 9.53 Å². The lowest BCUT2D eigenvalue weighted by atomic mass is 9.68. The molecule has 4 nitrogen and oxygen atoms in total. The summed E-state index contributed by atoms with van der Waals surface area (Å²) in [4.78, 5) is 26.2. The van der Waals surface area contributed by atoms with Crippen molar-refractivity contribution in [2.45, 2.75) is 58.6 Å². The minimum Gasteiger partial charge on any atom is -0.444 e. The van der Waals surface area contributed by atoms with Gasteiger partial charge in [0.05, 0.1) is 11.5 Å². The van der Waals surface area contributed by atoms with E-state index in [4.69, 9.17) is 4.74 Å². The molecule has 19 heavy (non-hydrogen) atoms. The van der Waals surface area contributed by atoms with Crippen molar-refractivity contribution in [2.75, 3.05) is 6.54 Å². The van der Waals surface area contributed by atoms with Gasteiger partial charge in [0, 0.05) is 13.0 Å². The molecule has 4 heteroatoms. The van der Waals surface area contributed by atoms with Crippen molar-refractivity contribution in [3.63, 3.8) is 0 Å². The van der Waals surface area contributed by atoms with Gasteiger partial charge in [-0.25, -0.2) is 4.79 Å². The molecule has 2 rings (SSSR count). The number of ether oxygens (including phenoxy) is 1. The zero-order chi connectivity index (χ0) is 14.3. The van der Waals surface area contributed by atoms with Crippen LogP contribution >= 0.6 is 0 Å². The van der Waals surface area contributed by atoms with Gasteiger partial charge >= 0.3 is 6.09 Å². The Labute approximate surface area is 114 Å². The molecule has 1 heterocycles. The predicted molar refractivity (Wildman–Crippen MR) is 72.8 cm³/mol. The number of carbonyl (C=O) groups is 2. The van der Waals surface area contributed by atoms with Crippen molar-refractivity contribution in [2.24, 2.45) is 5.41 Å². The van der Waals surface area contributed by atoms with Crippen LogP contribution in [0.15, 0.2) is 12.2 Å². The van der Waals surface area contributed by atoms with Crippen molar-refractivity contribution < 1.29 is 14.3 Å². The standard InChI is InChI=1S/C15H23NO3/c1-14(2,3)19-13(18)16-10-6-9-15(4)11(16)7-5-8-12(15)17/h6,9,11H,5,7-8,10H2,1-4H3. The predicted octanol–water partition coefficient (Wildman–Crippen LogP) is 2.92. The van der Waals surface area contributed by atoms with E-state index < -0.39 is 11.0 Å². The van der Waals surface area contributed by atoms with Gasteiger partial charge in [-0.05, 0) is 40.5 Å². The molecule has 0 aromatic heterocycles. The minimum atomic E-state index is -0.534. The fraction of sp³-hybridized carbons (Fsp3) is 0.733. The first-order valence-corrected chi connectivity index (χ1v) is 6.95. The van der Waals surface area contributed by atoms with Crippen LogP contribution in [0.25, 0.3) is 0 Å². The molecule has 1 aliphatic carbocycles. The summed E-state index contributed by atoms with van der Waals surface area (Å²) >= 11 is 0. The summed E-state index contributed by atoms with van der Waals surface area (Å²) in [6.07, 6.45) is 5.89. The van der Waals surface area contributed by atoms with Crippen molar-refractivity contribution in [3.8, 4) is 0 Å². The first-order chi connectivity index (χ1) is 8.74. The van der Waals surface area contributed by atoms with Crippen LogP contribution in [-0.4, -0.2) is 35.0 Å². The maximum Gasteiger partial charge on any atom is 0.410 e. The van der Waals surface area contributed by atoms with E-state index >= 15 is 0 Å². The van der Waals surface area contributed by atoms with Gasteiger partial charge in [0.2, 0.25) is 0 Å². The second-order valence-electron chi connectivity index (χ2n) is 6.65. The fourth-order valence-corrected chi connectivity index (χ4v) is 2.96. The molecule has 2 aliphatic rings. The summed E-state index contributed by atoms with van der Waals surface area (Å²) < 4.78 is 5.45. The molecule has 106 valence electrons. The normalized spacial score (nSPS) is 31.1. The smallest absolute Gasteiger partial charge is 0.410 e. The molecule has 1 amide bonds. The highest BCUT2D eigenvalue weighted by Gasteiger charge is 2.47. The number of nitrogens with zero attached hydrogens (tertiary/aromatic N) is 1. The van der Waals surface area contributed by atoms with Gasteiger partial charge in [0.15, 0.2) is 0 Å². The third kappa shape index (κ3) is 2.67. The number of rotatable bonds is 0. The van der Waals surface area contributed by atoms with Crippen molar-refractivity contribution in [1.29, 1.82) is 0 Å². The Morgan fingerprint density at radius 2 is 2.16 bits per heavy atom. The molecule has 0 radical (unpaired) electrons. The molecule has 0 spiro atoms. The van der Waals surface area contributed by atoms with Gasteiger partial charge in [-0.15, -0.1) is 0 Å². The number of amides is 1. The minimum absolute atomic E-state index is 0.0615. The van der Waals surface area contributed by atoms with Crippen LogP contribution in [0, 0.1) is 5.41 Å². The number of hydrogen-bond donors (Lipinski definition) is 0. The second-order valence-corrected chi connectivity index (χ2v) is 6.65. The Kier molecular flexibility index (Phi) is 3.45. The second kappa shape index (κ2) is 4.66. The maximum atomic E-state index is 12.3. The SMILES string of the molecule is CC(C)(C)OC(=O)N1CC=CC2(C)C(=O)CCCC12. The number of ketones is 1. The summed E-state index contributed by atoms with van der Waals surface area (Å²) in [6, 6.07) is -0.0615. The molecule has 2 unspecified atom stereocenters. The van der Waals surface area contributed by atoms with Gasteiger partial charge in [-0.1, -0.05) is 12.2 Å². The van der Waals surface area contributed by atoms with Crippen LogP contribution in [0.5, 0.6) is 0 Å². The Morgan fingerprint density at radius 3 is 2.79 bits per heavy atom. The zero-order valence-electron chi connectivity index (χ0n) is 12.2. The summed E-state index contributed by atoms with van der Waals surface area (Å²) in [5.41, 5.74) is -1.04. The van der Waals surface area contributed by atoms with E-state index in [9.17, 15) is 9.59 Å². The van der Waals surface area contributed by atoms with Gasteiger partial charge < -0.3 is 9.64 Å². The monoisotopic (exact) mass is 265 g/mol. The molecule has 1 aliphatic heterocycles. The van der Waals surface area contributed by atoms with E-state index in [1.807, 2.05) is 39.8 Å². The average Bonchev–Trinajstić information content (AvgIpc) is 2.27. The van der Waals surface area contributed by atoms with Crippen LogP contribution in [0.3, 0.4) is 0 Å². The highest BCUT2D eigenvalue weighted by Crippen LogP contribution is 2.40. The van der Waals surface area contributed by atoms with Crippen molar-refractivity contribution in [1.82, 2.24) is 4.90 Å². The van der Waals surface area contributed by atoms with Crippen molar-refractivity contribution in [3.05, 3.63) is 12.2 Å². The van der Waals surface area contributed by atoms with Crippen LogP contribution < -0.4 is 0 Å². The molecular weight excluding hydrogens is 242 g/mol. The van der Waals surface area contributed by atoms with Crippen LogP contribution in [0.1, 0.15) is 47.0 Å². The largest absolute Gasteiger partial charge is 0.444 e. The third-order valence-corrected chi connectivity index (χ3v) is 3.94. The molecule has 0 saturated heterocycles. The van der Waals surface area contributed by atoms with Gasteiger partial charge in [-0.2, -0.15) is 0 Å². The summed E-state index contributed by atoms with van der Waals surface area (Å²) in [5.74, 6) is 0.230. The molecule has 0 bridgehead atoms. The number of hydrogen-bond acceptors (Lipinski definition) is 3. The topological polar surface area (TPSA) is 46.6 Å². The first kappa shape index (κ1) is 14.1. The number of Topliss-reactive ketones (excluding diaryl/α,β-unsaturated/α-hetero) is 1. The maximum absolute atomic E-state index is 12.3. The van der Waals surface area contributed by atoms with Gasteiger partial charge in [0.25, 0.3) is 0 Å². The molecule has 2 atom stereocenters. The summed E-state index contributed by atoms with van der Waals surface area (Å²) in [6.45, 7) is 8.04. The Bertz CT molecular complexity index is 422. The molecule has 0 aromatic carbocycles. The van der Waals surface area contributed by atoms with E-state index in [-0.39, 0.29) is 17.9 Å². The number of fused-ring (bicyclic) bond motifs is 1. The Balaban J connectivity index is 2.22. The third-order valence-electron chi connectivity index (χ3n) is 3.94. The van der Waals surface area contributed by atoms with E-state index in [2.05, 4.69) is 0 Å². The van der Waals surface area contributed by atoms with E-state index in [1.165, 1.54) is 0 Å². The van der Waals surface area contributed by atoms with E-state index in [1.54, 1.807) is 4.90 Å². The van der Waals surface area contributed by atoms with E-state index in [0.717, 1.165) is 12.8 Å². The summed E-state index contributed by atoms with van der Waals surface area (Å²) in [5, 5.41) is 0. The number of carbonyl (C=O) groups excluding carboxylic acids is 2. The zero-order valence-corrected chi connectivity index (χ0v) is 12.2. The molecule has 1 saturated carbocycles. The summed E-state index contributed by atoms with van der Waals surface area (Å²) in [7, 11) is 0. The lowest BCUT2D eigenvalue weighted by Gasteiger charge is -2.46. The van der Waals surface area contributed by atoms with Crippen LogP contribution in [0.4, 0.5) is 4.79 Å². The lowest BCUT2D eigenvalue weighted by molar-refractivity contribution is -0.131.